The Labute approximate surface area is 135 Å². The second-order valence-corrected chi connectivity index (χ2v) is 4.73. The summed E-state index contributed by atoms with van der Waals surface area (Å²) in [6.45, 7) is 3.45. The molecule has 0 aliphatic heterocycles. The van der Waals surface area contributed by atoms with Crippen molar-refractivity contribution in [3.05, 3.63) is 17.1 Å². The second kappa shape index (κ2) is 6.54. The maximum atomic E-state index is 13.4. The minimum atomic E-state index is -6.19. The molecule has 1 rings (SSSR count). The number of alkyl halides is 7. The van der Waals surface area contributed by atoms with Gasteiger partial charge in [0.2, 0.25) is 0 Å². The Morgan fingerprint density at radius 1 is 1.00 bits per heavy atom. The molecule has 0 fully saturated rings. The number of halogens is 7. The first-order chi connectivity index (χ1) is 11.1. The fourth-order valence-electron chi connectivity index (χ4n) is 1.75. The van der Waals surface area contributed by atoms with Crippen LogP contribution in [0, 0.1) is 13.8 Å². The van der Waals surface area contributed by atoms with Crippen LogP contribution in [0.1, 0.15) is 28.8 Å². The Morgan fingerprint density at radius 2 is 1.52 bits per heavy atom. The minimum absolute atomic E-state index is 0.0584. The molecule has 0 saturated carbocycles. The third-order valence-electron chi connectivity index (χ3n) is 2.68. The molecule has 0 atom stereocenters. The molecule has 0 radical (unpaired) electrons. The Kier molecular flexibility index (Phi) is 5.42. The average Bonchev–Trinajstić information content (AvgIpc) is 2.33. The van der Waals surface area contributed by atoms with Crippen molar-refractivity contribution in [3.63, 3.8) is 0 Å². The molecule has 1 aromatic rings. The summed E-state index contributed by atoms with van der Waals surface area (Å²) in [4.78, 5) is 30.1. The molecule has 1 heterocycles. The first kappa shape index (κ1) is 20.7. The fourth-order valence-corrected chi connectivity index (χ4v) is 1.75. The van der Waals surface area contributed by atoms with Gasteiger partial charge < -0.3 is 5.32 Å². The van der Waals surface area contributed by atoms with Crippen molar-refractivity contribution in [2.75, 3.05) is 5.32 Å². The number of aromatic nitrogens is 2. The summed E-state index contributed by atoms with van der Waals surface area (Å²) in [6.07, 6.45) is -12.3. The molecule has 140 valence electrons. The summed E-state index contributed by atoms with van der Waals surface area (Å²) in [5.74, 6) is -10.5. The molecule has 0 unspecified atom stereocenters. The van der Waals surface area contributed by atoms with E-state index in [4.69, 9.17) is 0 Å². The molecular weight excluding hydrogens is 367 g/mol. The quantitative estimate of drug-likeness (QED) is 0.630. The number of ketones is 1. The largest absolute Gasteiger partial charge is 0.527 e. The van der Waals surface area contributed by atoms with Gasteiger partial charge in [-0.2, -0.15) is 17.6 Å². The van der Waals surface area contributed by atoms with Gasteiger partial charge >= 0.3 is 24.3 Å². The van der Waals surface area contributed by atoms with Crippen molar-refractivity contribution in [2.45, 2.75) is 39.2 Å². The van der Waals surface area contributed by atoms with Crippen LogP contribution in [0.5, 0.6) is 0 Å². The summed E-state index contributed by atoms with van der Waals surface area (Å²) in [5, 5.41) is 1.22. The number of carbonyl (C=O) groups excluding carboxylic acids is 2. The van der Waals surface area contributed by atoms with Crippen molar-refractivity contribution in [2.24, 2.45) is 0 Å². The molecule has 0 saturated heterocycles. The van der Waals surface area contributed by atoms with E-state index < -0.39 is 41.5 Å². The number of ether oxygens (including phenoxy) is 1. The molecule has 1 N–H and O–H groups in total. The summed E-state index contributed by atoms with van der Waals surface area (Å²) in [7, 11) is 0. The standard InChI is InChI=1S/C12H10F7N3O3/c1-4-7(5(2)23)8(21-6(3)20-4)22-9(24)10(13,14)11(15,16)25-12(17,18)19/h1-3H3,(H,20,21,22,24). The van der Waals surface area contributed by atoms with Gasteiger partial charge in [0.1, 0.15) is 11.6 Å². The number of anilines is 1. The number of carbonyl (C=O) groups is 2. The van der Waals surface area contributed by atoms with Crippen LogP contribution in [-0.4, -0.2) is 40.1 Å². The van der Waals surface area contributed by atoms with Crippen LogP contribution in [0.3, 0.4) is 0 Å². The third-order valence-corrected chi connectivity index (χ3v) is 2.68. The number of nitrogens with one attached hydrogen (secondary N) is 1. The monoisotopic (exact) mass is 377 g/mol. The summed E-state index contributed by atoms with van der Waals surface area (Å²) < 4.78 is 90.4. The van der Waals surface area contributed by atoms with E-state index in [1.165, 1.54) is 19.2 Å². The Hall–Kier alpha value is -2.31. The van der Waals surface area contributed by atoms with Gasteiger partial charge in [-0.25, -0.2) is 14.7 Å². The van der Waals surface area contributed by atoms with Crippen LogP contribution in [-0.2, 0) is 9.53 Å². The third kappa shape index (κ3) is 4.61. The van der Waals surface area contributed by atoms with E-state index in [1.807, 2.05) is 4.74 Å². The number of Topliss-reactive ketones (excluding diaryl/α,β-unsaturated/α-hetero) is 1. The summed E-state index contributed by atoms with van der Waals surface area (Å²) in [6, 6.07) is 0. The maximum Gasteiger partial charge on any atom is 0.527 e. The highest BCUT2D eigenvalue weighted by Crippen LogP contribution is 2.40. The lowest BCUT2D eigenvalue weighted by atomic mass is 10.1. The lowest BCUT2D eigenvalue weighted by molar-refractivity contribution is -0.457. The number of hydrogen-bond donors (Lipinski definition) is 1. The van der Waals surface area contributed by atoms with Crippen LogP contribution < -0.4 is 5.32 Å². The Morgan fingerprint density at radius 3 is 1.96 bits per heavy atom. The summed E-state index contributed by atoms with van der Waals surface area (Å²) in [5.41, 5.74) is -0.522. The smallest absolute Gasteiger partial charge is 0.304 e. The van der Waals surface area contributed by atoms with Crippen LogP contribution in [0.25, 0.3) is 0 Å². The van der Waals surface area contributed by atoms with E-state index in [1.54, 1.807) is 0 Å². The molecule has 25 heavy (non-hydrogen) atoms. The van der Waals surface area contributed by atoms with Gasteiger partial charge in [0.25, 0.3) is 0 Å². The highest BCUT2D eigenvalue weighted by atomic mass is 19.4. The van der Waals surface area contributed by atoms with Crippen molar-refractivity contribution in [1.82, 2.24) is 9.97 Å². The predicted octanol–water partition coefficient (Wildman–Crippen LogP) is 3.00. The van der Waals surface area contributed by atoms with E-state index in [-0.39, 0.29) is 11.5 Å². The molecule has 0 spiro atoms. The molecule has 0 aromatic carbocycles. The molecule has 1 aromatic heterocycles. The molecule has 0 aliphatic rings. The normalized spacial score (nSPS) is 12.9. The highest BCUT2D eigenvalue weighted by Gasteiger charge is 2.67. The minimum Gasteiger partial charge on any atom is -0.304 e. The number of aryl methyl sites for hydroxylation is 2. The van der Waals surface area contributed by atoms with Gasteiger partial charge in [-0.15, -0.1) is 13.2 Å². The lowest BCUT2D eigenvalue weighted by Gasteiger charge is -2.25. The number of amides is 1. The molecular formula is C12H10F7N3O3. The van der Waals surface area contributed by atoms with E-state index in [0.29, 0.717) is 0 Å². The van der Waals surface area contributed by atoms with Crippen LogP contribution >= 0.6 is 0 Å². The zero-order valence-corrected chi connectivity index (χ0v) is 12.8. The van der Waals surface area contributed by atoms with Crippen molar-refractivity contribution >= 4 is 17.5 Å². The fraction of sp³-hybridized carbons (Fsp3) is 0.500. The lowest BCUT2D eigenvalue weighted by Crippen LogP contribution is -2.53. The molecule has 0 aliphatic carbocycles. The van der Waals surface area contributed by atoms with Gasteiger partial charge in [0, 0.05) is 0 Å². The van der Waals surface area contributed by atoms with Crippen molar-refractivity contribution in [1.29, 1.82) is 0 Å². The first-order valence-corrected chi connectivity index (χ1v) is 6.28. The van der Waals surface area contributed by atoms with E-state index in [9.17, 15) is 40.3 Å². The molecule has 1 amide bonds. The molecule has 6 nitrogen and oxygen atoms in total. The van der Waals surface area contributed by atoms with Gasteiger partial charge in [0.15, 0.2) is 5.78 Å². The topological polar surface area (TPSA) is 81.2 Å². The predicted molar refractivity (Wildman–Crippen MR) is 67.2 cm³/mol. The van der Waals surface area contributed by atoms with Crippen molar-refractivity contribution < 1.29 is 45.1 Å². The zero-order valence-electron chi connectivity index (χ0n) is 12.8. The zero-order chi connectivity index (χ0) is 19.8. The van der Waals surface area contributed by atoms with Crippen LogP contribution in [0.4, 0.5) is 36.6 Å². The number of rotatable bonds is 5. The van der Waals surface area contributed by atoms with Crippen LogP contribution in [0.2, 0.25) is 0 Å². The number of hydrogen-bond acceptors (Lipinski definition) is 5. The van der Waals surface area contributed by atoms with E-state index in [2.05, 4.69) is 9.97 Å². The highest BCUT2D eigenvalue weighted by molar-refractivity contribution is 6.05. The number of nitrogens with zero attached hydrogens (tertiary/aromatic N) is 2. The molecule has 13 heteroatoms. The average molecular weight is 377 g/mol. The SMILES string of the molecule is CC(=O)c1c(C)nc(C)nc1NC(=O)C(F)(F)C(F)(F)OC(F)(F)F. The molecule has 0 bridgehead atoms. The van der Waals surface area contributed by atoms with Gasteiger partial charge in [-0.3, -0.25) is 9.59 Å². The van der Waals surface area contributed by atoms with Gasteiger partial charge in [-0.05, 0) is 20.8 Å². The Bertz CT molecular complexity index is 704. The van der Waals surface area contributed by atoms with Crippen molar-refractivity contribution in [3.8, 4) is 0 Å². The van der Waals surface area contributed by atoms with Gasteiger partial charge in [0.05, 0.1) is 11.3 Å². The van der Waals surface area contributed by atoms with Gasteiger partial charge in [-0.1, -0.05) is 0 Å². The Balaban J connectivity index is 3.24. The van der Waals surface area contributed by atoms with Crippen LogP contribution in [0.15, 0.2) is 0 Å². The van der Waals surface area contributed by atoms with E-state index in [0.717, 1.165) is 6.92 Å². The van der Waals surface area contributed by atoms with E-state index >= 15 is 0 Å². The maximum absolute atomic E-state index is 13.4. The summed E-state index contributed by atoms with van der Waals surface area (Å²) >= 11 is 0. The second-order valence-electron chi connectivity index (χ2n) is 4.73. The first-order valence-electron chi connectivity index (χ1n) is 6.28.